The van der Waals surface area contributed by atoms with Crippen molar-refractivity contribution in [2.45, 2.75) is 6.42 Å². The lowest BCUT2D eigenvalue weighted by molar-refractivity contribution is -0.117. The maximum atomic E-state index is 10.6. The molecule has 1 heterocycles. The van der Waals surface area contributed by atoms with Crippen LogP contribution >= 0.6 is 0 Å². The Balaban J connectivity index is 2.20. The van der Waals surface area contributed by atoms with Gasteiger partial charge in [0, 0.05) is 24.5 Å². The first-order valence-electron chi connectivity index (χ1n) is 5.13. The van der Waals surface area contributed by atoms with Gasteiger partial charge >= 0.3 is 0 Å². The fourth-order valence-corrected chi connectivity index (χ4v) is 1.56. The van der Waals surface area contributed by atoms with Crippen molar-refractivity contribution in [1.82, 2.24) is 4.98 Å². The van der Waals surface area contributed by atoms with Gasteiger partial charge in [0.2, 0.25) is 5.91 Å². The quantitative estimate of drug-likeness (QED) is 0.812. The molecular weight excluding hydrogens is 202 g/mol. The van der Waals surface area contributed by atoms with Crippen LogP contribution in [0.3, 0.4) is 0 Å². The number of carbonyl (C=O) groups is 1. The van der Waals surface area contributed by atoms with Crippen molar-refractivity contribution in [3.63, 3.8) is 0 Å². The van der Waals surface area contributed by atoms with Gasteiger partial charge in [-0.15, -0.1) is 0 Å². The minimum Gasteiger partial charge on any atom is -0.370 e. The summed E-state index contributed by atoms with van der Waals surface area (Å²) < 4.78 is 0. The summed E-state index contributed by atoms with van der Waals surface area (Å²) in [6, 6.07) is 9.92. The molecule has 0 aliphatic rings. The molecule has 0 saturated heterocycles. The second-order valence-electron chi connectivity index (χ2n) is 3.52. The van der Waals surface area contributed by atoms with E-state index >= 15 is 0 Å². The molecule has 0 bridgehead atoms. The summed E-state index contributed by atoms with van der Waals surface area (Å²) in [5.74, 6) is 0.479. The minimum atomic E-state index is -0.312. The van der Waals surface area contributed by atoms with Gasteiger partial charge in [0.25, 0.3) is 0 Å². The van der Waals surface area contributed by atoms with E-state index in [2.05, 4.69) is 10.3 Å². The lowest BCUT2D eigenvalue weighted by Crippen LogP contribution is -2.16. The third-order valence-electron chi connectivity index (χ3n) is 2.34. The van der Waals surface area contributed by atoms with Gasteiger partial charge in [0.05, 0.1) is 0 Å². The van der Waals surface area contributed by atoms with Crippen LogP contribution in [0.4, 0.5) is 5.82 Å². The Morgan fingerprint density at radius 3 is 2.94 bits per heavy atom. The van der Waals surface area contributed by atoms with Gasteiger partial charge in [-0.1, -0.05) is 24.3 Å². The van der Waals surface area contributed by atoms with Crippen LogP contribution in [0, 0.1) is 0 Å². The van der Waals surface area contributed by atoms with Crippen molar-refractivity contribution in [3.05, 3.63) is 36.5 Å². The summed E-state index contributed by atoms with van der Waals surface area (Å²) in [7, 11) is 0. The first kappa shape index (κ1) is 10.4. The molecule has 82 valence electrons. The van der Waals surface area contributed by atoms with E-state index in [-0.39, 0.29) is 5.91 Å². The van der Waals surface area contributed by atoms with Crippen LogP contribution in [-0.4, -0.2) is 17.4 Å². The van der Waals surface area contributed by atoms with E-state index in [1.165, 1.54) is 0 Å². The van der Waals surface area contributed by atoms with Crippen LogP contribution in [0.25, 0.3) is 10.8 Å². The highest BCUT2D eigenvalue weighted by molar-refractivity contribution is 5.91. The van der Waals surface area contributed by atoms with E-state index in [0.717, 1.165) is 16.6 Å². The molecule has 0 saturated carbocycles. The predicted octanol–water partition coefficient (Wildman–Crippen LogP) is 1.52. The number of nitrogens with two attached hydrogens (primary N) is 1. The zero-order chi connectivity index (χ0) is 11.4. The largest absolute Gasteiger partial charge is 0.370 e. The van der Waals surface area contributed by atoms with Crippen LogP contribution in [-0.2, 0) is 4.79 Å². The van der Waals surface area contributed by atoms with Crippen molar-refractivity contribution in [1.29, 1.82) is 0 Å². The number of fused-ring (bicyclic) bond motifs is 1. The molecule has 0 radical (unpaired) electrons. The van der Waals surface area contributed by atoms with Gasteiger partial charge in [-0.05, 0) is 11.5 Å². The number of pyridine rings is 1. The number of anilines is 1. The molecule has 0 aliphatic heterocycles. The normalized spacial score (nSPS) is 10.2. The smallest absolute Gasteiger partial charge is 0.219 e. The van der Waals surface area contributed by atoms with Crippen molar-refractivity contribution >= 4 is 22.5 Å². The molecular formula is C12H13N3O. The molecule has 0 unspecified atom stereocenters. The third kappa shape index (κ3) is 2.28. The Morgan fingerprint density at radius 1 is 1.31 bits per heavy atom. The molecule has 1 amide bonds. The molecule has 1 aromatic heterocycles. The van der Waals surface area contributed by atoms with Gasteiger partial charge in [-0.3, -0.25) is 4.79 Å². The van der Waals surface area contributed by atoms with Crippen molar-refractivity contribution in [3.8, 4) is 0 Å². The molecule has 16 heavy (non-hydrogen) atoms. The van der Waals surface area contributed by atoms with Crippen LogP contribution in [0.5, 0.6) is 0 Å². The third-order valence-corrected chi connectivity index (χ3v) is 2.34. The fourth-order valence-electron chi connectivity index (χ4n) is 1.56. The molecule has 0 fully saturated rings. The zero-order valence-electron chi connectivity index (χ0n) is 8.81. The summed E-state index contributed by atoms with van der Waals surface area (Å²) in [6.45, 7) is 0.510. The predicted molar refractivity (Wildman–Crippen MR) is 64.0 cm³/mol. The second-order valence-corrected chi connectivity index (χ2v) is 3.52. The first-order chi connectivity index (χ1) is 7.77. The number of benzene rings is 1. The Morgan fingerprint density at radius 2 is 2.12 bits per heavy atom. The highest BCUT2D eigenvalue weighted by Crippen LogP contribution is 2.19. The van der Waals surface area contributed by atoms with Crippen molar-refractivity contribution in [2.24, 2.45) is 5.73 Å². The molecule has 4 nitrogen and oxygen atoms in total. The maximum absolute atomic E-state index is 10.6. The molecule has 1 aromatic carbocycles. The van der Waals surface area contributed by atoms with Gasteiger partial charge in [-0.2, -0.15) is 0 Å². The highest BCUT2D eigenvalue weighted by Gasteiger charge is 2.01. The van der Waals surface area contributed by atoms with Gasteiger partial charge in [0.1, 0.15) is 5.82 Å². The topological polar surface area (TPSA) is 68.0 Å². The molecule has 4 heteroatoms. The van der Waals surface area contributed by atoms with Gasteiger partial charge < -0.3 is 11.1 Å². The van der Waals surface area contributed by atoms with Gasteiger partial charge in [0.15, 0.2) is 0 Å². The Labute approximate surface area is 93.5 Å². The number of hydrogen-bond donors (Lipinski definition) is 2. The van der Waals surface area contributed by atoms with Crippen LogP contribution in [0.2, 0.25) is 0 Å². The monoisotopic (exact) mass is 215 g/mol. The lowest BCUT2D eigenvalue weighted by atomic mass is 10.1. The van der Waals surface area contributed by atoms with Crippen LogP contribution < -0.4 is 11.1 Å². The number of aromatic nitrogens is 1. The summed E-state index contributed by atoms with van der Waals surface area (Å²) in [5, 5.41) is 5.28. The molecule has 2 aromatic rings. The first-order valence-corrected chi connectivity index (χ1v) is 5.13. The van der Waals surface area contributed by atoms with E-state index in [1.807, 2.05) is 30.3 Å². The summed E-state index contributed by atoms with van der Waals surface area (Å²) in [6.07, 6.45) is 2.06. The second kappa shape index (κ2) is 4.61. The van der Waals surface area contributed by atoms with Crippen LogP contribution in [0.15, 0.2) is 36.5 Å². The average molecular weight is 215 g/mol. The maximum Gasteiger partial charge on any atom is 0.219 e. The summed E-state index contributed by atoms with van der Waals surface area (Å²) in [5.41, 5.74) is 5.07. The number of nitrogens with one attached hydrogen (secondary N) is 1. The number of primary amides is 1. The Hall–Kier alpha value is -2.10. The summed E-state index contributed by atoms with van der Waals surface area (Å²) >= 11 is 0. The fraction of sp³-hybridized carbons (Fsp3) is 0.167. The molecule has 0 spiro atoms. The molecule has 0 atom stereocenters. The summed E-state index contributed by atoms with van der Waals surface area (Å²) in [4.78, 5) is 14.9. The highest BCUT2D eigenvalue weighted by atomic mass is 16.1. The Bertz CT molecular complexity index is 505. The van der Waals surface area contributed by atoms with Gasteiger partial charge in [-0.25, -0.2) is 4.98 Å². The number of amides is 1. The van der Waals surface area contributed by atoms with E-state index in [0.29, 0.717) is 13.0 Å². The zero-order valence-corrected chi connectivity index (χ0v) is 8.81. The molecule has 0 aliphatic carbocycles. The standard InChI is InChI=1S/C12H13N3O/c13-11(16)6-8-15-12-10-4-2-1-3-9(10)5-7-14-12/h1-5,7H,6,8H2,(H2,13,16)(H,14,15). The number of nitrogens with zero attached hydrogens (tertiary/aromatic N) is 1. The number of rotatable bonds is 4. The molecule has 2 rings (SSSR count). The Kier molecular flexibility index (Phi) is 3.00. The number of hydrogen-bond acceptors (Lipinski definition) is 3. The lowest BCUT2D eigenvalue weighted by Gasteiger charge is -2.07. The van der Waals surface area contributed by atoms with E-state index < -0.39 is 0 Å². The molecule has 3 N–H and O–H groups in total. The van der Waals surface area contributed by atoms with Crippen LogP contribution in [0.1, 0.15) is 6.42 Å². The number of carbonyl (C=O) groups excluding carboxylic acids is 1. The van der Waals surface area contributed by atoms with Crippen molar-refractivity contribution < 1.29 is 4.79 Å². The minimum absolute atomic E-state index is 0.310. The SMILES string of the molecule is NC(=O)CCNc1nccc2ccccc12. The van der Waals surface area contributed by atoms with E-state index in [4.69, 9.17) is 5.73 Å². The van der Waals surface area contributed by atoms with E-state index in [1.54, 1.807) is 6.20 Å². The van der Waals surface area contributed by atoms with Crippen molar-refractivity contribution in [2.75, 3.05) is 11.9 Å². The average Bonchev–Trinajstić information content (AvgIpc) is 2.29. The van der Waals surface area contributed by atoms with E-state index in [9.17, 15) is 4.79 Å².